The summed E-state index contributed by atoms with van der Waals surface area (Å²) >= 11 is 0. The molecule has 0 saturated heterocycles. The summed E-state index contributed by atoms with van der Waals surface area (Å²) in [6.07, 6.45) is 0.244. The molecule has 0 unspecified atom stereocenters. The Morgan fingerprint density at radius 3 is 2.48 bits per heavy atom. The maximum Gasteiger partial charge on any atom is 0.352 e. The van der Waals surface area contributed by atoms with Crippen molar-refractivity contribution in [3.63, 3.8) is 0 Å². The van der Waals surface area contributed by atoms with Crippen LogP contribution in [0.4, 0.5) is 10.1 Å². The molecule has 0 fully saturated rings. The fourth-order valence-corrected chi connectivity index (χ4v) is 2.43. The van der Waals surface area contributed by atoms with Gasteiger partial charge in [0.2, 0.25) is 0 Å². The van der Waals surface area contributed by atoms with Crippen molar-refractivity contribution < 1.29 is 14.3 Å². The second kappa shape index (κ2) is 5.36. The number of nitrogens with zero attached hydrogens (tertiary/aromatic N) is 2. The van der Waals surface area contributed by atoms with Gasteiger partial charge in [-0.05, 0) is 17.7 Å². The molecule has 1 atom stereocenters. The standard InChI is InChI=1S/C16H13FN2O2/c17-12-8-4-5-9-14(12)19-15(10-13(18-19)16(20)21)11-6-2-1-3-7-11/h1-9,15H,10H2,(H,20,21)/t15-/m0/s1. The highest BCUT2D eigenvalue weighted by Crippen LogP contribution is 2.36. The summed E-state index contributed by atoms with van der Waals surface area (Å²) in [4.78, 5) is 11.2. The maximum absolute atomic E-state index is 14.0. The van der Waals surface area contributed by atoms with Gasteiger partial charge in [0.15, 0.2) is 0 Å². The Bertz CT molecular complexity index is 700. The summed E-state index contributed by atoms with van der Waals surface area (Å²) in [6, 6.07) is 15.3. The van der Waals surface area contributed by atoms with Crippen LogP contribution in [0.3, 0.4) is 0 Å². The van der Waals surface area contributed by atoms with Gasteiger partial charge in [0.05, 0.1) is 11.7 Å². The number of hydrogen-bond donors (Lipinski definition) is 1. The van der Waals surface area contributed by atoms with Crippen LogP contribution >= 0.6 is 0 Å². The highest BCUT2D eigenvalue weighted by atomic mass is 19.1. The molecule has 0 radical (unpaired) electrons. The predicted octanol–water partition coefficient (Wildman–Crippen LogP) is 3.22. The van der Waals surface area contributed by atoms with Crippen molar-refractivity contribution in [1.82, 2.24) is 0 Å². The van der Waals surface area contributed by atoms with E-state index in [0.29, 0.717) is 0 Å². The first kappa shape index (κ1) is 13.3. The number of carboxylic acids is 1. The van der Waals surface area contributed by atoms with Crippen molar-refractivity contribution in [1.29, 1.82) is 0 Å². The number of rotatable bonds is 3. The monoisotopic (exact) mass is 284 g/mol. The Kier molecular flexibility index (Phi) is 3.39. The van der Waals surface area contributed by atoms with Gasteiger partial charge in [-0.25, -0.2) is 9.18 Å². The lowest BCUT2D eigenvalue weighted by Crippen LogP contribution is -2.19. The highest BCUT2D eigenvalue weighted by molar-refractivity contribution is 6.36. The molecule has 1 N–H and O–H groups in total. The Balaban J connectivity index is 2.05. The van der Waals surface area contributed by atoms with Crippen molar-refractivity contribution >= 4 is 17.4 Å². The van der Waals surface area contributed by atoms with Crippen LogP contribution in [-0.2, 0) is 4.79 Å². The zero-order valence-corrected chi connectivity index (χ0v) is 11.1. The van der Waals surface area contributed by atoms with Gasteiger partial charge in [-0.1, -0.05) is 42.5 Å². The van der Waals surface area contributed by atoms with Gasteiger partial charge in [-0.3, -0.25) is 5.01 Å². The average Bonchev–Trinajstić information content (AvgIpc) is 2.94. The number of carboxylic acid groups (broad SMARTS) is 1. The van der Waals surface area contributed by atoms with E-state index in [1.807, 2.05) is 30.3 Å². The Morgan fingerprint density at radius 1 is 1.14 bits per heavy atom. The van der Waals surface area contributed by atoms with E-state index in [1.54, 1.807) is 18.2 Å². The lowest BCUT2D eigenvalue weighted by Gasteiger charge is -2.24. The second-order valence-electron chi connectivity index (χ2n) is 4.78. The van der Waals surface area contributed by atoms with Crippen molar-refractivity contribution in [3.8, 4) is 0 Å². The van der Waals surface area contributed by atoms with E-state index in [9.17, 15) is 9.18 Å². The molecule has 1 aliphatic rings. The predicted molar refractivity (Wildman–Crippen MR) is 77.7 cm³/mol. The van der Waals surface area contributed by atoms with E-state index in [2.05, 4.69) is 5.10 Å². The molecule has 21 heavy (non-hydrogen) atoms. The van der Waals surface area contributed by atoms with E-state index >= 15 is 0 Å². The van der Waals surface area contributed by atoms with Gasteiger partial charge in [0.25, 0.3) is 0 Å². The first-order valence-electron chi connectivity index (χ1n) is 6.56. The fourth-order valence-electron chi connectivity index (χ4n) is 2.43. The molecule has 106 valence electrons. The number of halogens is 1. The lowest BCUT2D eigenvalue weighted by atomic mass is 10.0. The first-order chi connectivity index (χ1) is 10.2. The Labute approximate surface area is 121 Å². The number of benzene rings is 2. The van der Waals surface area contributed by atoms with E-state index in [4.69, 9.17) is 5.11 Å². The maximum atomic E-state index is 14.0. The molecule has 1 aliphatic heterocycles. The van der Waals surface area contributed by atoms with Crippen LogP contribution in [0.1, 0.15) is 18.0 Å². The normalized spacial score (nSPS) is 17.7. The zero-order chi connectivity index (χ0) is 14.8. The third-order valence-corrected chi connectivity index (χ3v) is 3.44. The first-order valence-corrected chi connectivity index (χ1v) is 6.56. The minimum absolute atomic E-state index is 0.0344. The van der Waals surface area contributed by atoms with E-state index in [0.717, 1.165) is 5.56 Å². The largest absolute Gasteiger partial charge is 0.477 e. The molecule has 0 spiro atoms. The molecule has 0 amide bonds. The van der Waals surface area contributed by atoms with Crippen LogP contribution in [-0.4, -0.2) is 16.8 Å². The highest BCUT2D eigenvalue weighted by Gasteiger charge is 2.33. The number of para-hydroxylation sites is 1. The number of hydrogen-bond acceptors (Lipinski definition) is 3. The average molecular weight is 284 g/mol. The van der Waals surface area contributed by atoms with Gasteiger partial charge in [-0.15, -0.1) is 0 Å². The lowest BCUT2D eigenvalue weighted by molar-refractivity contribution is -0.129. The van der Waals surface area contributed by atoms with Gasteiger partial charge < -0.3 is 5.11 Å². The molecule has 2 aromatic rings. The SMILES string of the molecule is O=C(O)C1=NN(c2ccccc2F)[C@H](c2ccccc2)C1. The van der Waals surface area contributed by atoms with Crippen LogP contribution in [0.15, 0.2) is 59.7 Å². The van der Waals surface area contributed by atoms with Crippen molar-refractivity contribution in [3.05, 3.63) is 66.0 Å². The molecule has 0 bridgehead atoms. The van der Waals surface area contributed by atoms with E-state index in [-0.39, 0.29) is 23.9 Å². The number of anilines is 1. The molecule has 2 aromatic carbocycles. The van der Waals surface area contributed by atoms with E-state index < -0.39 is 11.8 Å². The molecule has 1 heterocycles. The van der Waals surface area contributed by atoms with Crippen molar-refractivity contribution in [2.75, 3.05) is 5.01 Å². The minimum atomic E-state index is -1.07. The minimum Gasteiger partial charge on any atom is -0.477 e. The van der Waals surface area contributed by atoms with Crippen molar-refractivity contribution in [2.24, 2.45) is 5.10 Å². The van der Waals surface area contributed by atoms with Crippen LogP contribution in [0.25, 0.3) is 0 Å². The molecule has 0 saturated carbocycles. The fraction of sp³-hybridized carbons (Fsp3) is 0.125. The molecule has 0 aliphatic carbocycles. The van der Waals surface area contributed by atoms with Crippen LogP contribution in [0.5, 0.6) is 0 Å². The van der Waals surface area contributed by atoms with Gasteiger partial charge in [0, 0.05) is 6.42 Å². The van der Waals surface area contributed by atoms with Crippen LogP contribution in [0.2, 0.25) is 0 Å². The summed E-state index contributed by atoms with van der Waals surface area (Å²) in [5.74, 6) is -1.50. The van der Waals surface area contributed by atoms with Gasteiger partial charge in [-0.2, -0.15) is 5.10 Å². The summed E-state index contributed by atoms with van der Waals surface area (Å²) < 4.78 is 14.0. The van der Waals surface area contributed by atoms with Crippen LogP contribution < -0.4 is 5.01 Å². The van der Waals surface area contributed by atoms with Crippen molar-refractivity contribution in [2.45, 2.75) is 12.5 Å². The van der Waals surface area contributed by atoms with E-state index in [1.165, 1.54) is 11.1 Å². The van der Waals surface area contributed by atoms with Gasteiger partial charge >= 0.3 is 5.97 Å². The Morgan fingerprint density at radius 2 is 1.81 bits per heavy atom. The molecule has 5 heteroatoms. The summed E-state index contributed by atoms with van der Waals surface area (Å²) in [5, 5.41) is 14.7. The topological polar surface area (TPSA) is 52.9 Å². The van der Waals surface area contributed by atoms with Crippen LogP contribution in [0, 0.1) is 5.82 Å². The summed E-state index contributed by atoms with van der Waals surface area (Å²) in [7, 11) is 0. The molecule has 4 nitrogen and oxygen atoms in total. The zero-order valence-electron chi connectivity index (χ0n) is 11.1. The third-order valence-electron chi connectivity index (χ3n) is 3.44. The Hall–Kier alpha value is -2.69. The number of aliphatic carboxylic acids is 1. The molecular weight excluding hydrogens is 271 g/mol. The molecule has 3 rings (SSSR count). The second-order valence-corrected chi connectivity index (χ2v) is 4.78. The summed E-state index contributed by atoms with van der Waals surface area (Å²) in [6.45, 7) is 0. The van der Waals surface area contributed by atoms with Gasteiger partial charge in [0.1, 0.15) is 11.5 Å². The quantitative estimate of drug-likeness (QED) is 0.941. The number of carbonyl (C=O) groups is 1. The smallest absolute Gasteiger partial charge is 0.352 e. The third kappa shape index (κ3) is 2.50. The molecular formula is C16H13FN2O2. The molecule has 0 aromatic heterocycles. The summed E-state index contributed by atoms with van der Waals surface area (Å²) in [5.41, 5.74) is 1.22. The number of hydrazone groups is 1.